The molecule has 0 atom stereocenters. The highest BCUT2D eigenvalue weighted by Crippen LogP contribution is 2.37. The molecule has 1 aliphatic rings. The molecule has 35 heavy (non-hydrogen) atoms. The van der Waals surface area contributed by atoms with Crippen molar-refractivity contribution in [1.82, 2.24) is 0 Å². The molecule has 0 heterocycles. The van der Waals surface area contributed by atoms with Gasteiger partial charge in [0, 0.05) is 0 Å². The van der Waals surface area contributed by atoms with Crippen LogP contribution in [-0.4, -0.2) is 0 Å². The Morgan fingerprint density at radius 2 is 1.20 bits per heavy atom. The van der Waals surface area contributed by atoms with E-state index in [9.17, 15) is 8.78 Å². The smallest absolute Gasteiger partial charge is 0.145 e. The summed E-state index contributed by atoms with van der Waals surface area (Å²) in [7, 11) is 0. The van der Waals surface area contributed by atoms with Gasteiger partial charge in [0.25, 0.3) is 0 Å². The van der Waals surface area contributed by atoms with Gasteiger partial charge in [0.2, 0.25) is 0 Å². The molecule has 0 saturated heterocycles. The normalized spacial score (nSPS) is 18.1. The van der Waals surface area contributed by atoms with Crippen molar-refractivity contribution >= 4 is 11.6 Å². The van der Waals surface area contributed by atoms with E-state index < -0.39 is 16.7 Å². The average Bonchev–Trinajstić information content (AvgIpc) is 2.89. The molecule has 3 aromatic rings. The van der Waals surface area contributed by atoms with Gasteiger partial charge in [0.15, 0.2) is 0 Å². The zero-order valence-electron chi connectivity index (χ0n) is 20.8. The molecule has 0 spiro atoms. The Bertz CT molecular complexity index is 1040. The summed E-state index contributed by atoms with van der Waals surface area (Å²) in [6.45, 7) is 2.25. The number of hydrogen-bond acceptors (Lipinski definition) is 0. The molecule has 0 unspecified atom stereocenters. The molecule has 1 fully saturated rings. The van der Waals surface area contributed by atoms with Gasteiger partial charge in [-0.1, -0.05) is 73.5 Å². The Hall–Kier alpha value is -2.19. The number of rotatable bonds is 10. The van der Waals surface area contributed by atoms with Crippen molar-refractivity contribution in [2.75, 3.05) is 0 Å². The highest BCUT2D eigenvalue weighted by molar-refractivity contribution is 6.30. The van der Waals surface area contributed by atoms with Gasteiger partial charge in [0.1, 0.15) is 16.7 Å². The maximum Gasteiger partial charge on any atom is 0.145 e. The molecule has 0 aliphatic heterocycles. The van der Waals surface area contributed by atoms with Crippen LogP contribution < -0.4 is 0 Å². The van der Waals surface area contributed by atoms with Crippen LogP contribution in [0.5, 0.6) is 0 Å². The summed E-state index contributed by atoms with van der Waals surface area (Å²) < 4.78 is 27.3. The van der Waals surface area contributed by atoms with Crippen LogP contribution in [0.1, 0.15) is 85.6 Å². The second-order valence-corrected chi connectivity index (χ2v) is 10.7. The maximum absolute atomic E-state index is 13.6. The van der Waals surface area contributed by atoms with E-state index in [-0.39, 0.29) is 0 Å². The largest absolute Gasteiger partial charge is 0.205 e. The molecule has 0 bridgehead atoms. The number of unbranched alkanes of at least 4 members (excludes halogenated alkanes) is 1. The van der Waals surface area contributed by atoms with Crippen LogP contribution in [0.2, 0.25) is 5.02 Å². The minimum atomic E-state index is -0.689. The van der Waals surface area contributed by atoms with Crippen LogP contribution in [0.25, 0.3) is 0 Å². The Balaban J connectivity index is 1.19. The lowest BCUT2D eigenvalue weighted by molar-refractivity contribution is 0.310. The Kier molecular flexibility index (Phi) is 9.38. The fourth-order valence-electron chi connectivity index (χ4n) is 5.41. The van der Waals surface area contributed by atoms with E-state index in [4.69, 9.17) is 11.6 Å². The summed E-state index contributed by atoms with van der Waals surface area (Å²) in [5, 5.41) is -0.428. The number of hydrogen-bond donors (Lipinski definition) is 0. The third kappa shape index (κ3) is 7.40. The third-order valence-corrected chi connectivity index (χ3v) is 8.09. The van der Waals surface area contributed by atoms with Gasteiger partial charge in [-0.05, 0) is 116 Å². The molecule has 3 heteroatoms. The van der Waals surface area contributed by atoms with E-state index in [0.717, 1.165) is 24.7 Å². The number of benzene rings is 3. The van der Waals surface area contributed by atoms with E-state index in [1.165, 1.54) is 85.8 Å². The molecule has 0 N–H and O–H groups in total. The van der Waals surface area contributed by atoms with Gasteiger partial charge in [0.05, 0.1) is 0 Å². The van der Waals surface area contributed by atoms with E-state index in [2.05, 4.69) is 55.5 Å². The minimum Gasteiger partial charge on any atom is -0.205 e. The van der Waals surface area contributed by atoms with Gasteiger partial charge in [-0.15, -0.1) is 0 Å². The van der Waals surface area contributed by atoms with Gasteiger partial charge < -0.3 is 0 Å². The molecular formula is C32H37ClF2. The molecule has 0 nitrogen and oxygen atoms in total. The number of halogens is 3. The van der Waals surface area contributed by atoms with E-state index in [1.54, 1.807) is 0 Å². The Labute approximate surface area is 214 Å². The second-order valence-electron chi connectivity index (χ2n) is 10.3. The van der Waals surface area contributed by atoms with Crippen molar-refractivity contribution in [2.45, 2.75) is 83.5 Å². The SMILES string of the molecule is CCCCc1ccc([C@H]2CC[C@H](CCc3ccc(CCc4cc(F)c(Cl)c(F)c4)cc3)CC2)cc1. The highest BCUT2D eigenvalue weighted by Gasteiger charge is 2.22. The van der Waals surface area contributed by atoms with Crippen LogP contribution in [0.3, 0.4) is 0 Å². The molecule has 0 amide bonds. The first-order valence-corrected chi connectivity index (χ1v) is 13.7. The van der Waals surface area contributed by atoms with Crippen LogP contribution in [-0.2, 0) is 25.7 Å². The Morgan fingerprint density at radius 3 is 1.80 bits per heavy atom. The summed E-state index contributed by atoms with van der Waals surface area (Å²) in [6.07, 6.45) is 12.7. The molecule has 3 aromatic carbocycles. The summed E-state index contributed by atoms with van der Waals surface area (Å²) in [6, 6.07) is 20.8. The first kappa shape index (κ1) is 25.9. The maximum atomic E-state index is 13.6. The fraction of sp³-hybridized carbons (Fsp3) is 0.438. The second kappa shape index (κ2) is 12.7. The standard InChI is InChI=1S/C32H37ClF2/c1-2-3-4-23-13-17-28(18-14-23)29-19-15-26(16-20-29)10-9-24-5-7-25(8-6-24)11-12-27-21-30(34)32(33)31(35)22-27/h5-8,13-14,17-18,21-22,26,29H,2-4,9-12,15-16,19-20H2,1H3/t26-,29-. The summed E-state index contributed by atoms with van der Waals surface area (Å²) in [5.74, 6) is 0.176. The average molecular weight is 495 g/mol. The zero-order chi connectivity index (χ0) is 24.6. The van der Waals surface area contributed by atoms with Crippen molar-refractivity contribution in [2.24, 2.45) is 5.92 Å². The minimum absolute atomic E-state index is 0.428. The van der Waals surface area contributed by atoms with Crippen molar-refractivity contribution < 1.29 is 8.78 Å². The van der Waals surface area contributed by atoms with Gasteiger partial charge in [-0.25, -0.2) is 8.78 Å². The van der Waals surface area contributed by atoms with E-state index in [0.29, 0.717) is 12.0 Å². The third-order valence-electron chi connectivity index (χ3n) is 7.73. The lowest BCUT2D eigenvalue weighted by Crippen LogP contribution is -2.14. The van der Waals surface area contributed by atoms with Crippen LogP contribution >= 0.6 is 11.6 Å². The predicted octanol–water partition coefficient (Wildman–Crippen LogP) is 9.65. The molecule has 1 aliphatic carbocycles. The molecule has 1 saturated carbocycles. The van der Waals surface area contributed by atoms with Gasteiger partial charge in [-0.3, -0.25) is 0 Å². The van der Waals surface area contributed by atoms with Crippen LogP contribution in [0, 0.1) is 17.6 Å². The van der Waals surface area contributed by atoms with Gasteiger partial charge in [-0.2, -0.15) is 0 Å². The highest BCUT2D eigenvalue weighted by atomic mass is 35.5. The molecule has 186 valence electrons. The topological polar surface area (TPSA) is 0 Å². The molecule has 0 radical (unpaired) electrons. The summed E-state index contributed by atoms with van der Waals surface area (Å²) >= 11 is 5.57. The fourth-order valence-corrected chi connectivity index (χ4v) is 5.52. The first-order valence-electron chi connectivity index (χ1n) is 13.3. The number of aryl methyl sites for hydroxylation is 4. The van der Waals surface area contributed by atoms with Crippen LogP contribution in [0.15, 0.2) is 60.7 Å². The van der Waals surface area contributed by atoms with E-state index >= 15 is 0 Å². The Morgan fingerprint density at radius 1 is 0.686 bits per heavy atom. The first-order chi connectivity index (χ1) is 17.0. The molecule has 0 aromatic heterocycles. The predicted molar refractivity (Wildman–Crippen MR) is 143 cm³/mol. The van der Waals surface area contributed by atoms with E-state index in [1.807, 2.05) is 0 Å². The zero-order valence-corrected chi connectivity index (χ0v) is 21.6. The molecular weight excluding hydrogens is 458 g/mol. The van der Waals surface area contributed by atoms with Crippen molar-refractivity contribution in [3.8, 4) is 0 Å². The van der Waals surface area contributed by atoms with Crippen LogP contribution in [0.4, 0.5) is 8.78 Å². The molecule has 4 rings (SSSR count). The summed E-state index contributed by atoms with van der Waals surface area (Å²) in [5.41, 5.74) is 6.20. The summed E-state index contributed by atoms with van der Waals surface area (Å²) in [4.78, 5) is 0. The monoisotopic (exact) mass is 494 g/mol. The van der Waals surface area contributed by atoms with Gasteiger partial charge >= 0.3 is 0 Å². The quantitative estimate of drug-likeness (QED) is 0.246. The van der Waals surface area contributed by atoms with Crippen molar-refractivity contribution in [3.05, 3.63) is 105 Å². The van der Waals surface area contributed by atoms with Crippen molar-refractivity contribution in [3.63, 3.8) is 0 Å². The lowest BCUT2D eigenvalue weighted by Gasteiger charge is -2.29. The lowest BCUT2D eigenvalue weighted by atomic mass is 9.77. The van der Waals surface area contributed by atoms with Crippen molar-refractivity contribution in [1.29, 1.82) is 0 Å².